The molecular formula is C20H30N4O2S. The van der Waals surface area contributed by atoms with Gasteiger partial charge in [-0.05, 0) is 30.5 Å². The zero-order valence-corrected chi connectivity index (χ0v) is 17.3. The van der Waals surface area contributed by atoms with Crippen LogP contribution in [-0.2, 0) is 28.5 Å². The molecule has 0 spiro atoms. The van der Waals surface area contributed by atoms with Crippen LogP contribution in [0.25, 0.3) is 0 Å². The molecule has 0 saturated carbocycles. The number of sulfonamides is 1. The normalized spacial score (nSPS) is 16.6. The van der Waals surface area contributed by atoms with Crippen LogP contribution in [0.3, 0.4) is 0 Å². The van der Waals surface area contributed by atoms with Crippen LogP contribution in [0.5, 0.6) is 0 Å². The molecule has 0 amide bonds. The van der Waals surface area contributed by atoms with E-state index in [1.807, 2.05) is 18.3 Å². The van der Waals surface area contributed by atoms with Gasteiger partial charge in [0.15, 0.2) is 0 Å². The molecule has 1 aliphatic heterocycles. The van der Waals surface area contributed by atoms with Crippen LogP contribution in [0.1, 0.15) is 56.9 Å². The Morgan fingerprint density at radius 1 is 1.07 bits per heavy atom. The third-order valence-corrected chi connectivity index (χ3v) is 6.90. The van der Waals surface area contributed by atoms with E-state index in [2.05, 4.69) is 36.3 Å². The minimum Gasteiger partial charge on any atom is -0.308 e. The van der Waals surface area contributed by atoms with Gasteiger partial charge >= 0.3 is 0 Å². The van der Waals surface area contributed by atoms with Crippen molar-refractivity contribution in [3.05, 3.63) is 47.3 Å². The van der Waals surface area contributed by atoms with Crippen LogP contribution in [0, 0.1) is 0 Å². The summed E-state index contributed by atoms with van der Waals surface area (Å²) in [6, 6.07) is 7.23. The Labute approximate surface area is 162 Å². The summed E-state index contributed by atoms with van der Waals surface area (Å²) in [6.45, 7) is 9.14. The minimum atomic E-state index is -3.36. The maximum absolute atomic E-state index is 12.7. The Morgan fingerprint density at radius 3 is 2.37 bits per heavy atom. The van der Waals surface area contributed by atoms with E-state index < -0.39 is 10.0 Å². The number of H-pyrrole nitrogens is 1. The van der Waals surface area contributed by atoms with Crippen molar-refractivity contribution >= 4 is 10.0 Å². The number of aromatic nitrogens is 2. The molecule has 1 fully saturated rings. The molecular weight excluding hydrogens is 360 g/mol. The smallest absolute Gasteiger partial charge is 0.243 e. The average molecular weight is 391 g/mol. The fourth-order valence-electron chi connectivity index (χ4n) is 3.47. The fraction of sp³-hybridized carbons (Fsp3) is 0.550. The van der Waals surface area contributed by atoms with E-state index in [9.17, 15) is 8.42 Å². The molecule has 1 aromatic carbocycles. The van der Waals surface area contributed by atoms with Crippen molar-refractivity contribution in [1.29, 1.82) is 0 Å². The molecule has 2 heterocycles. The lowest BCUT2D eigenvalue weighted by molar-refractivity contribution is 0.346. The molecule has 0 unspecified atom stereocenters. The maximum atomic E-state index is 12.7. The first-order chi connectivity index (χ1) is 12.8. The summed E-state index contributed by atoms with van der Waals surface area (Å²) in [5.74, 6) is 0. The molecule has 0 radical (unpaired) electrons. The van der Waals surface area contributed by atoms with Crippen LogP contribution in [0.15, 0.2) is 35.4 Å². The van der Waals surface area contributed by atoms with E-state index in [-0.39, 0.29) is 5.41 Å². The number of benzene rings is 1. The largest absolute Gasteiger partial charge is 0.308 e. The second kappa shape index (κ2) is 8.12. The molecule has 0 bridgehead atoms. The number of hydrogen-bond acceptors (Lipinski definition) is 4. The van der Waals surface area contributed by atoms with Gasteiger partial charge in [0, 0.05) is 42.9 Å². The quantitative estimate of drug-likeness (QED) is 0.794. The first-order valence-electron chi connectivity index (χ1n) is 9.61. The molecule has 7 heteroatoms. The van der Waals surface area contributed by atoms with Gasteiger partial charge in [0.2, 0.25) is 10.0 Å². The van der Waals surface area contributed by atoms with E-state index in [1.165, 1.54) is 0 Å². The number of rotatable bonds is 6. The van der Waals surface area contributed by atoms with Crippen molar-refractivity contribution in [2.45, 2.75) is 63.4 Å². The Bertz CT molecular complexity index is 845. The van der Waals surface area contributed by atoms with Gasteiger partial charge in [-0.25, -0.2) is 8.42 Å². The lowest BCUT2D eigenvalue weighted by Crippen LogP contribution is -2.35. The molecule has 1 saturated heterocycles. The highest BCUT2D eigenvalue weighted by molar-refractivity contribution is 7.89. The number of piperidine rings is 1. The summed E-state index contributed by atoms with van der Waals surface area (Å²) in [5, 5.41) is 10.7. The van der Waals surface area contributed by atoms with Crippen LogP contribution >= 0.6 is 0 Å². The van der Waals surface area contributed by atoms with E-state index in [0.29, 0.717) is 24.5 Å². The summed E-state index contributed by atoms with van der Waals surface area (Å²) in [4.78, 5) is 0.387. The zero-order valence-electron chi connectivity index (χ0n) is 16.5. The highest BCUT2D eigenvalue weighted by atomic mass is 32.2. The van der Waals surface area contributed by atoms with Crippen molar-refractivity contribution in [2.24, 2.45) is 0 Å². The monoisotopic (exact) mass is 390 g/mol. The molecule has 148 valence electrons. The standard InChI is InChI=1S/C20H30N4O2S/c1-20(2,3)19-17(15-22-23-19)14-21-13-16-7-9-18(10-8-16)27(25,26)24-11-5-4-6-12-24/h7-10,15,21H,4-6,11-14H2,1-3H3,(H,22,23). The Balaban J connectivity index is 1.59. The van der Waals surface area contributed by atoms with Gasteiger partial charge in [-0.3, -0.25) is 5.10 Å². The summed E-state index contributed by atoms with van der Waals surface area (Å²) < 4.78 is 27.0. The van der Waals surface area contributed by atoms with Crippen LogP contribution in [0.4, 0.5) is 0 Å². The first kappa shape index (κ1) is 20.0. The topological polar surface area (TPSA) is 78.1 Å². The summed E-state index contributed by atoms with van der Waals surface area (Å²) in [6.07, 6.45) is 4.88. The van der Waals surface area contributed by atoms with Crippen molar-refractivity contribution < 1.29 is 8.42 Å². The van der Waals surface area contributed by atoms with E-state index in [4.69, 9.17) is 0 Å². The van der Waals surface area contributed by atoms with Gasteiger partial charge in [-0.1, -0.05) is 39.3 Å². The summed E-state index contributed by atoms with van der Waals surface area (Å²) >= 11 is 0. The number of aromatic amines is 1. The highest BCUT2D eigenvalue weighted by Crippen LogP contribution is 2.23. The van der Waals surface area contributed by atoms with E-state index in [1.54, 1.807) is 16.4 Å². The lowest BCUT2D eigenvalue weighted by Gasteiger charge is -2.25. The molecule has 27 heavy (non-hydrogen) atoms. The van der Waals surface area contributed by atoms with Gasteiger partial charge in [0.25, 0.3) is 0 Å². The van der Waals surface area contributed by atoms with Crippen molar-refractivity contribution in [2.75, 3.05) is 13.1 Å². The minimum absolute atomic E-state index is 0.0258. The van der Waals surface area contributed by atoms with Gasteiger partial charge < -0.3 is 5.32 Å². The van der Waals surface area contributed by atoms with E-state index in [0.717, 1.165) is 42.6 Å². The zero-order chi connectivity index (χ0) is 19.5. The number of hydrogen-bond donors (Lipinski definition) is 2. The average Bonchev–Trinajstić information content (AvgIpc) is 3.12. The predicted octanol–water partition coefficient (Wildman–Crippen LogP) is 3.17. The third-order valence-electron chi connectivity index (χ3n) is 4.99. The van der Waals surface area contributed by atoms with E-state index >= 15 is 0 Å². The molecule has 0 aliphatic carbocycles. The Hall–Kier alpha value is -1.70. The van der Waals surface area contributed by atoms with Crippen molar-refractivity contribution in [3.63, 3.8) is 0 Å². The second-order valence-electron chi connectivity index (χ2n) is 8.23. The van der Waals surface area contributed by atoms with Gasteiger partial charge in [0.1, 0.15) is 0 Å². The van der Waals surface area contributed by atoms with Crippen LogP contribution in [0.2, 0.25) is 0 Å². The number of nitrogens with one attached hydrogen (secondary N) is 2. The Kier molecular flexibility index (Phi) is 6.03. The molecule has 6 nitrogen and oxygen atoms in total. The second-order valence-corrected chi connectivity index (χ2v) is 10.2. The van der Waals surface area contributed by atoms with Gasteiger partial charge in [-0.15, -0.1) is 0 Å². The third kappa shape index (κ3) is 4.78. The van der Waals surface area contributed by atoms with Crippen LogP contribution in [-0.4, -0.2) is 36.0 Å². The molecule has 2 aromatic rings. The van der Waals surface area contributed by atoms with Crippen molar-refractivity contribution in [1.82, 2.24) is 19.8 Å². The van der Waals surface area contributed by atoms with Crippen molar-refractivity contribution in [3.8, 4) is 0 Å². The molecule has 2 N–H and O–H groups in total. The molecule has 1 aliphatic rings. The van der Waals surface area contributed by atoms with Gasteiger partial charge in [0.05, 0.1) is 11.1 Å². The lowest BCUT2D eigenvalue weighted by atomic mass is 9.89. The fourth-order valence-corrected chi connectivity index (χ4v) is 4.99. The Morgan fingerprint density at radius 2 is 1.74 bits per heavy atom. The number of nitrogens with zero attached hydrogens (tertiary/aromatic N) is 2. The predicted molar refractivity (Wildman–Crippen MR) is 107 cm³/mol. The molecule has 0 atom stereocenters. The summed E-state index contributed by atoms with van der Waals surface area (Å²) in [5.41, 5.74) is 3.39. The molecule has 3 rings (SSSR count). The highest BCUT2D eigenvalue weighted by Gasteiger charge is 2.25. The molecule has 1 aromatic heterocycles. The summed E-state index contributed by atoms with van der Waals surface area (Å²) in [7, 11) is -3.36. The van der Waals surface area contributed by atoms with Gasteiger partial charge in [-0.2, -0.15) is 9.40 Å². The first-order valence-corrected chi connectivity index (χ1v) is 11.0. The van der Waals surface area contributed by atoms with Crippen LogP contribution < -0.4 is 5.32 Å². The maximum Gasteiger partial charge on any atom is 0.243 e. The SMILES string of the molecule is CC(C)(C)c1[nH]ncc1CNCc1ccc(S(=O)(=O)N2CCCCC2)cc1.